The van der Waals surface area contributed by atoms with Gasteiger partial charge in [0, 0.05) is 11.7 Å². The van der Waals surface area contributed by atoms with E-state index >= 15 is 0 Å². The van der Waals surface area contributed by atoms with Gasteiger partial charge in [-0.3, -0.25) is 0 Å². The Labute approximate surface area is 97.3 Å². The molecule has 1 saturated carbocycles. The van der Waals surface area contributed by atoms with E-state index < -0.39 is 0 Å². The molecule has 0 spiro atoms. The number of benzene rings is 1. The summed E-state index contributed by atoms with van der Waals surface area (Å²) in [5.41, 5.74) is 1.85. The van der Waals surface area contributed by atoms with Crippen molar-refractivity contribution in [3.8, 4) is 6.07 Å². The molecule has 1 aliphatic rings. The van der Waals surface area contributed by atoms with E-state index in [9.17, 15) is 0 Å². The maximum absolute atomic E-state index is 8.71. The first-order valence-corrected chi connectivity index (χ1v) is 6.08. The van der Waals surface area contributed by atoms with Gasteiger partial charge in [-0.1, -0.05) is 19.8 Å². The lowest BCUT2D eigenvalue weighted by molar-refractivity contribution is 0.587. The molecule has 0 aliphatic heterocycles. The van der Waals surface area contributed by atoms with Gasteiger partial charge in [0.15, 0.2) is 0 Å². The number of nitrogens with zero attached hydrogens (tertiary/aromatic N) is 1. The van der Waals surface area contributed by atoms with Crippen LogP contribution in [0.3, 0.4) is 0 Å². The Morgan fingerprint density at radius 2 is 2.06 bits per heavy atom. The molecule has 0 radical (unpaired) electrons. The highest BCUT2D eigenvalue weighted by atomic mass is 14.9. The van der Waals surface area contributed by atoms with Crippen LogP contribution in [0.1, 0.15) is 38.2 Å². The van der Waals surface area contributed by atoms with Gasteiger partial charge >= 0.3 is 0 Å². The topological polar surface area (TPSA) is 35.8 Å². The highest BCUT2D eigenvalue weighted by Crippen LogP contribution is 2.34. The van der Waals surface area contributed by atoms with Crippen LogP contribution in [0.2, 0.25) is 0 Å². The second kappa shape index (κ2) is 5.03. The van der Waals surface area contributed by atoms with Gasteiger partial charge in [-0.05, 0) is 43.0 Å². The molecule has 1 aromatic rings. The highest BCUT2D eigenvalue weighted by Gasteiger charge is 2.24. The molecule has 1 aliphatic carbocycles. The van der Waals surface area contributed by atoms with Crippen LogP contribution in [0, 0.1) is 17.2 Å². The van der Waals surface area contributed by atoms with Crippen LogP contribution in [-0.4, -0.2) is 6.04 Å². The Bertz CT molecular complexity index is 371. The van der Waals surface area contributed by atoms with Gasteiger partial charge in [-0.2, -0.15) is 5.26 Å². The molecule has 0 bridgehead atoms. The quantitative estimate of drug-likeness (QED) is 0.813. The molecule has 0 amide bonds. The predicted molar refractivity (Wildman–Crippen MR) is 66.2 cm³/mol. The summed E-state index contributed by atoms with van der Waals surface area (Å²) in [6.07, 6.45) is 5.27. The largest absolute Gasteiger partial charge is 0.382 e. The van der Waals surface area contributed by atoms with Gasteiger partial charge in [-0.15, -0.1) is 0 Å². The third-order valence-electron chi connectivity index (χ3n) is 3.19. The lowest BCUT2D eigenvalue weighted by Gasteiger charge is -2.17. The van der Waals surface area contributed by atoms with Crippen molar-refractivity contribution in [3.05, 3.63) is 29.8 Å². The minimum absolute atomic E-state index is 0.584. The Kier molecular flexibility index (Phi) is 3.46. The standard InChI is InChI=1S/C14H18N2/c1-2-13(9-11-3-4-11)16-14-7-5-12(10-15)6-8-14/h5-8,11,13,16H,2-4,9H2,1H3. The van der Waals surface area contributed by atoms with Crippen LogP contribution in [0.4, 0.5) is 5.69 Å². The van der Waals surface area contributed by atoms with Crippen LogP contribution in [0.5, 0.6) is 0 Å². The first-order chi connectivity index (χ1) is 7.81. The van der Waals surface area contributed by atoms with Gasteiger partial charge in [-0.25, -0.2) is 0 Å². The van der Waals surface area contributed by atoms with Gasteiger partial charge in [0.25, 0.3) is 0 Å². The average molecular weight is 214 g/mol. The van der Waals surface area contributed by atoms with Gasteiger partial charge in [0.05, 0.1) is 11.6 Å². The summed E-state index contributed by atoms with van der Waals surface area (Å²) in [4.78, 5) is 0. The SMILES string of the molecule is CCC(CC1CC1)Nc1ccc(C#N)cc1. The second-order valence-electron chi connectivity index (χ2n) is 4.62. The monoisotopic (exact) mass is 214 g/mol. The fraction of sp³-hybridized carbons (Fsp3) is 0.500. The van der Waals surface area contributed by atoms with E-state index in [0.717, 1.165) is 23.6 Å². The molecule has 16 heavy (non-hydrogen) atoms. The summed E-state index contributed by atoms with van der Waals surface area (Å²) in [5, 5.41) is 12.3. The van der Waals surface area contributed by atoms with Crippen molar-refractivity contribution >= 4 is 5.69 Å². The van der Waals surface area contributed by atoms with Gasteiger partial charge in [0.2, 0.25) is 0 Å². The summed E-state index contributed by atoms with van der Waals surface area (Å²) >= 11 is 0. The predicted octanol–water partition coefficient (Wildman–Crippen LogP) is 3.55. The average Bonchev–Trinajstić information content (AvgIpc) is 3.13. The van der Waals surface area contributed by atoms with E-state index in [1.54, 1.807) is 0 Å². The highest BCUT2D eigenvalue weighted by molar-refractivity contribution is 5.47. The molecule has 1 fully saturated rings. The number of hydrogen-bond acceptors (Lipinski definition) is 2. The number of nitriles is 1. The molecule has 2 rings (SSSR count). The molecule has 1 N–H and O–H groups in total. The van der Waals surface area contributed by atoms with E-state index in [0.29, 0.717) is 6.04 Å². The number of hydrogen-bond donors (Lipinski definition) is 1. The lowest BCUT2D eigenvalue weighted by atomic mass is 10.1. The van der Waals surface area contributed by atoms with Crippen molar-refractivity contribution in [2.45, 2.75) is 38.6 Å². The smallest absolute Gasteiger partial charge is 0.0991 e. The normalized spacial score (nSPS) is 16.5. The van der Waals surface area contributed by atoms with Crippen LogP contribution < -0.4 is 5.32 Å². The summed E-state index contributed by atoms with van der Waals surface area (Å²) in [7, 11) is 0. The Morgan fingerprint density at radius 1 is 1.38 bits per heavy atom. The summed E-state index contributed by atoms with van der Waals surface area (Å²) in [6.45, 7) is 2.23. The van der Waals surface area contributed by atoms with E-state index in [-0.39, 0.29) is 0 Å². The third kappa shape index (κ3) is 3.00. The molecule has 1 aromatic carbocycles. The van der Waals surface area contributed by atoms with E-state index in [1.807, 2.05) is 24.3 Å². The molecule has 2 heteroatoms. The number of anilines is 1. The van der Waals surface area contributed by atoms with Crippen LogP contribution in [0.25, 0.3) is 0 Å². The second-order valence-corrected chi connectivity index (χ2v) is 4.62. The number of rotatable bonds is 5. The first kappa shape index (κ1) is 11.0. The van der Waals surface area contributed by atoms with Crippen LogP contribution >= 0.6 is 0 Å². The van der Waals surface area contributed by atoms with Crippen molar-refractivity contribution < 1.29 is 0 Å². The number of nitrogens with one attached hydrogen (secondary N) is 1. The molecule has 1 atom stereocenters. The van der Waals surface area contributed by atoms with Gasteiger partial charge < -0.3 is 5.32 Å². The van der Waals surface area contributed by atoms with Crippen molar-refractivity contribution in [1.82, 2.24) is 0 Å². The minimum atomic E-state index is 0.584. The molecule has 0 heterocycles. The van der Waals surface area contributed by atoms with Gasteiger partial charge in [0.1, 0.15) is 0 Å². The fourth-order valence-electron chi connectivity index (χ4n) is 1.96. The van der Waals surface area contributed by atoms with E-state index in [1.165, 1.54) is 19.3 Å². The first-order valence-electron chi connectivity index (χ1n) is 6.08. The Morgan fingerprint density at radius 3 is 2.56 bits per heavy atom. The molecule has 0 saturated heterocycles. The fourth-order valence-corrected chi connectivity index (χ4v) is 1.96. The Balaban J connectivity index is 1.92. The zero-order valence-electron chi connectivity index (χ0n) is 9.74. The molecule has 0 aromatic heterocycles. The Hall–Kier alpha value is -1.49. The van der Waals surface area contributed by atoms with Crippen molar-refractivity contribution in [1.29, 1.82) is 5.26 Å². The lowest BCUT2D eigenvalue weighted by Crippen LogP contribution is -2.18. The van der Waals surface area contributed by atoms with E-state index in [2.05, 4.69) is 18.3 Å². The summed E-state index contributed by atoms with van der Waals surface area (Å²) in [5.74, 6) is 0.954. The van der Waals surface area contributed by atoms with Crippen LogP contribution in [-0.2, 0) is 0 Å². The molecule has 2 nitrogen and oxygen atoms in total. The van der Waals surface area contributed by atoms with Crippen molar-refractivity contribution in [3.63, 3.8) is 0 Å². The maximum Gasteiger partial charge on any atom is 0.0991 e. The molecule has 84 valence electrons. The minimum Gasteiger partial charge on any atom is -0.382 e. The third-order valence-corrected chi connectivity index (χ3v) is 3.19. The molecule has 1 unspecified atom stereocenters. The summed E-state index contributed by atoms with van der Waals surface area (Å²) in [6, 6.07) is 10.4. The zero-order chi connectivity index (χ0) is 11.4. The zero-order valence-corrected chi connectivity index (χ0v) is 9.74. The summed E-state index contributed by atoms with van der Waals surface area (Å²) < 4.78 is 0. The molecular formula is C14H18N2. The van der Waals surface area contributed by atoms with Crippen LogP contribution in [0.15, 0.2) is 24.3 Å². The van der Waals surface area contributed by atoms with Crippen molar-refractivity contribution in [2.24, 2.45) is 5.92 Å². The van der Waals surface area contributed by atoms with E-state index in [4.69, 9.17) is 5.26 Å². The maximum atomic E-state index is 8.71. The van der Waals surface area contributed by atoms with Crippen molar-refractivity contribution in [2.75, 3.05) is 5.32 Å². The molecular weight excluding hydrogens is 196 g/mol.